The first-order chi connectivity index (χ1) is 10.9. The first-order valence-corrected chi connectivity index (χ1v) is 7.09. The molecule has 5 atom stereocenters. The summed E-state index contributed by atoms with van der Waals surface area (Å²) in [5, 5.41) is 31.7. The standard InChI is InChI=1S/C15H19NO7/c1-8(18)16-11-13(12(19)10(7-17)22-15(11)21)23-14(20)9-5-3-2-4-6-9/h2-6,10-13,15,17,19,21H,7H2,1H3,(H,16,18)/t10?,11-,12-,13-,15+/m0/s1. The van der Waals surface area contributed by atoms with Gasteiger partial charge in [0.1, 0.15) is 18.2 Å². The van der Waals surface area contributed by atoms with Gasteiger partial charge in [0.25, 0.3) is 0 Å². The summed E-state index contributed by atoms with van der Waals surface area (Å²) in [4.78, 5) is 23.4. The smallest absolute Gasteiger partial charge is 0.338 e. The van der Waals surface area contributed by atoms with Crippen molar-refractivity contribution in [1.82, 2.24) is 5.32 Å². The maximum absolute atomic E-state index is 12.2. The fourth-order valence-corrected chi connectivity index (χ4v) is 2.38. The van der Waals surface area contributed by atoms with Crippen LogP contribution in [0.25, 0.3) is 0 Å². The molecule has 4 N–H and O–H groups in total. The third-order valence-electron chi connectivity index (χ3n) is 3.50. The minimum Gasteiger partial charge on any atom is -0.453 e. The minimum absolute atomic E-state index is 0.253. The number of carbonyl (C=O) groups is 2. The van der Waals surface area contributed by atoms with Gasteiger partial charge < -0.3 is 30.1 Å². The Balaban J connectivity index is 2.21. The van der Waals surface area contributed by atoms with Crippen molar-refractivity contribution in [3.8, 4) is 0 Å². The van der Waals surface area contributed by atoms with Crippen LogP contribution in [0.5, 0.6) is 0 Å². The second-order valence-corrected chi connectivity index (χ2v) is 5.20. The van der Waals surface area contributed by atoms with E-state index in [1.807, 2.05) is 0 Å². The maximum Gasteiger partial charge on any atom is 0.338 e. The molecule has 1 saturated heterocycles. The molecule has 1 aromatic carbocycles. The van der Waals surface area contributed by atoms with Crippen molar-refractivity contribution in [3.63, 3.8) is 0 Å². The van der Waals surface area contributed by atoms with E-state index in [0.717, 1.165) is 0 Å². The zero-order valence-electron chi connectivity index (χ0n) is 12.5. The Hall–Kier alpha value is -2.00. The second kappa shape index (κ2) is 7.51. The van der Waals surface area contributed by atoms with Crippen molar-refractivity contribution in [2.75, 3.05) is 6.61 Å². The summed E-state index contributed by atoms with van der Waals surface area (Å²) in [7, 11) is 0. The third kappa shape index (κ3) is 4.05. The first-order valence-electron chi connectivity index (χ1n) is 7.09. The first kappa shape index (κ1) is 17.4. The summed E-state index contributed by atoms with van der Waals surface area (Å²) in [6.45, 7) is 0.637. The molecule has 1 amide bonds. The normalized spacial score (nSPS) is 30.5. The maximum atomic E-state index is 12.2. The van der Waals surface area contributed by atoms with Gasteiger partial charge in [-0.3, -0.25) is 4.79 Å². The number of nitrogens with one attached hydrogen (secondary N) is 1. The van der Waals surface area contributed by atoms with Gasteiger partial charge in [0.15, 0.2) is 12.4 Å². The van der Waals surface area contributed by atoms with Gasteiger partial charge in [-0.1, -0.05) is 18.2 Å². The van der Waals surface area contributed by atoms with Gasteiger partial charge in [0.2, 0.25) is 5.91 Å². The molecule has 23 heavy (non-hydrogen) atoms. The lowest BCUT2D eigenvalue weighted by atomic mass is 9.96. The predicted octanol–water partition coefficient (Wildman–Crippen LogP) is -1.21. The number of benzene rings is 1. The van der Waals surface area contributed by atoms with Crippen LogP contribution in [0.2, 0.25) is 0 Å². The van der Waals surface area contributed by atoms with Crippen LogP contribution in [0, 0.1) is 0 Å². The number of aliphatic hydroxyl groups excluding tert-OH is 3. The van der Waals surface area contributed by atoms with Gasteiger partial charge >= 0.3 is 5.97 Å². The predicted molar refractivity (Wildman–Crippen MR) is 77.2 cm³/mol. The molecular formula is C15H19NO7. The lowest BCUT2D eigenvalue weighted by Crippen LogP contribution is -2.65. The average molecular weight is 325 g/mol. The van der Waals surface area contributed by atoms with Crippen LogP contribution in [0.15, 0.2) is 30.3 Å². The van der Waals surface area contributed by atoms with Crippen LogP contribution in [-0.4, -0.2) is 64.4 Å². The monoisotopic (exact) mass is 325 g/mol. The number of rotatable bonds is 4. The molecule has 1 unspecified atom stereocenters. The topological polar surface area (TPSA) is 125 Å². The highest BCUT2D eigenvalue weighted by Crippen LogP contribution is 2.23. The molecule has 1 aromatic rings. The van der Waals surface area contributed by atoms with Crippen LogP contribution in [0.1, 0.15) is 17.3 Å². The molecule has 0 saturated carbocycles. The van der Waals surface area contributed by atoms with E-state index in [1.54, 1.807) is 18.2 Å². The van der Waals surface area contributed by atoms with Crippen molar-refractivity contribution >= 4 is 11.9 Å². The fraction of sp³-hybridized carbons (Fsp3) is 0.467. The van der Waals surface area contributed by atoms with E-state index >= 15 is 0 Å². The molecule has 8 heteroatoms. The van der Waals surface area contributed by atoms with Crippen LogP contribution in [0.4, 0.5) is 0 Å². The summed E-state index contributed by atoms with van der Waals surface area (Å²) in [6, 6.07) is 6.92. The SMILES string of the molecule is CC(=O)N[C@H]1[C@H](OC(=O)c2ccccc2)[C@@H](O)C(CO)O[C@H]1O. The number of hydrogen-bond acceptors (Lipinski definition) is 7. The molecule has 0 radical (unpaired) electrons. The molecule has 1 fully saturated rings. The summed E-state index contributed by atoms with van der Waals surface area (Å²) < 4.78 is 10.3. The van der Waals surface area contributed by atoms with Gasteiger partial charge in [0.05, 0.1) is 12.2 Å². The van der Waals surface area contributed by atoms with Gasteiger partial charge in [-0.2, -0.15) is 0 Å². The van der Waals surface area contributed by atoms with Crippen molar-refractivity contribution in [1.29, 1.82) is 0 Å². The van der Waals surface area contributed by atoms with E-state index in [9.17, 15) is 24.9 Å². The second-order valence-electron chi connectivity index (χ2n) is 5.20. The van der Waals surface area contributed by atoms with E-state index in [-0.39, 0.29) is 5.56 Å². The molecule has 0 spiro atoms. The number of esters is 1. The lowest BCUT2D eigenvalue weighted by molar-refractivity contribution is -0.253. The minimum atomic E-state index is -1.53. The number of carbonyl (C=O) groups excluding carboxylic acids is 2. The molecule has 8 nitrogen and oxygen atoms in total. The number of aliphatic hydroxyl groups is 3. The van der Waals surface area contributed by atoms with E-state index in [2.05, 4.69) is 5.32 Å². The van der Waals surface area contributed by atoms with E-state index < -0.39 is 49.1 Å². The molecule has 0 aromatic heterocycles. The van der Waals surface area contributed by atoms with E-state index in [4.69, 9.17) is 9.47 Å². The zero-order valence-corrected chi connectivity index (χ0v) is 12.5. The summed E-state index contributed by atoms with van der Waals surface area (Å²) in [5.74, 6) is -1.22. The van der Waals surface area contributed by atoms with E-state index in [0.29, 0.717) is 0 Å². The highest BCUT2D eigenvalue weighted by Gasteiger charge is 2.47. The van der Waals surface area contributed by atoms with Gasteiger partial charge in [0, 0.05) is 6.92 Å². The van der Waals surface area contributed by atoms with Crippen LogP contribution < -0.4 is 5.32 Å². The summed E-state index contributed by atoms with van der Waals surface area (Å²) in [5.41, 5.74) is 0.253. The summed E-state index contributed by atoms with van der Waals surface area (Å²) >= 11 is 0. The average Bonchev–Trinajstić information content (AvgIpc) is 2.54. The Morgan fingerprint density at radius 3 is 2.48 bits per heavy atom. The highest BCUT2D eigenvalue weighted by molar-refractivity contribution is 5.89. The molecule has 2 rings (SSSR count). The van der Waals surface area contributed by atoms with Crippen molar-refractivity contribution in [2.24, 2.45) is 0 Å². The van der Waals surface area contributed by atoms with Crippen LogP contribution >= 0.6 is 0 Å². The molecule has 1 aliphatic heterocycles. The van der Waals surface area contributed by atoms with Gasteiger partial charge in [-0.25, -0.2) is 4.79 Å². The Bertz CT molecular complexity index is 550. The number of ether oxygens (including phenoxy) is 2. The van der Waals surface area contributed by atoms with Crippen molar-refractivity contribution in [3.05, 3.63) is 35.9 Å². The Labute approximate surface area is 132 Å². The van der Waals surface area contributed by atoms with Gasteiger partial charge in [-0.15, -0.1) is 0 Å². The quantitative estimate of drug-likeness (QED) is 0.512. The molecule has 0 aliphatic carbocycles. The van der Waals surface area contributed by atoms with Crippen molar-refractivity contribution in [2.45, 2.75) is 37.6 Å². The summed E-state index contributed by atoms with van der Waals surface area (Å²) in [6.07, 6.45) is -5.35. The third-order valence-corrected chi connectivity index (χ3v) is 3.50. The van der Waals surface area contributed by atoms with Gasteiger partial charge in [-0.05, 0) is 12.1 Å². The Morgan fingerprint density at radius 1 is 1.26 bits per heavy atom. The van der Waals surface area contributed by atoms with Crippen LogP contribution in [-0.2, 0) is 14.3 Å². The molecule has 0 bridgehead atoms. The lowest BCUT2D eigenvalue weighted by Gasteiger charge is -2.41. The number of amides is 1. The number of hydrogen-bond donors (Lipinski definition) is 4. The molecular weight excluding hydrogens is 306 g/mol. The zero-order chi connectivity index (χ0) is 17.0. The molecule has 1 heterocycles. The largest absolute Gasteiger partial charge is 0.453 e. The van der Waals surface area contributed by atoms with E-state index in [1.165, 1.54) is 19.1 Å². The Kier molecular flexibility index (Phi) is 5.67. The molecule has 126 valence electrons. The Morgan fingerprint density at radius 2 is 1.91 bits per heavy atom. The highest BCUT2D eigenvalue weighted by atomic mass is 16.6. The van der Waals surface area contributed by atoms with Crippen molar-refractivity contribution < 1.29 is 34.4 Å². The molecule has 1 aliphatic rings. The van der Waals surface area contributed by atoms with Crippen LogP contribution in [0.3, 0.4) is 0 Å². The fourth-order valence-electron chi connectivity index (χ4n) is 2.38.